The quantitative estimate of drug-likeness (QED) is 0.834. The first kappa shape index (κ1) is 15.3. The minimum absolute atomic E-state index is 0.110. The molecule has 0 radical (unpaired) electrons. The van der Waals surface area contributed by atoms with Crippen LogP contribution in [0.1, 0.15) is 44.7 Å². The fourth-order valence-corrected chi connectivity index (χ4v) is 2.60. The summed E-state index contributed by atoms with van der Waals surface area (Å²) in [6, 6.07) is 1.81. The van der Waals surface area contributed by atoms with Crippen LogP contribution in [0.3, 0.4) is 0 Å². The maximum Gasteiger partial charge on any atom is 0.194 e. The van der Waals surface area contributed by atoms with E-state index in [1.54, 1.807) is 0 Å². The third-order valence-electron chi connectivity index (χ3n) is 3.65. The third-order valence-corrected chi connectivity index (χ3v) is 3.65. The molecule has 3 atom stereocenters. The van der Waals surface area contributed by atoms with E-state index >= 15 is 0 Å². The first-order valence-electron chi connectivity index (χ1n) is 7.06. The Morgan fingerprint density at radius 1 is 1.25 bits per heavy atom. The van der Waals surface area contributed by atoms with Crippen LogP contribution in [0.4, 0.5) is 13.2 Å². The van der Waals surface area contributed by atoms with Gasteiger partial charge in [0.2, 0.25) is 0 Å². The number of hydrogen-bond acceptors (Lipinski definition) is 2. The van der Waals surface area contributed by atoms with Crippen LogP contribution in [0.25, 0.3) is 0 Å². The van der Waals surface area contributed by atoms with Crippen LogP contribution >= 0.6 is 0 Å². The SMILES string of the molecule is CCCNC(c1ccc(F)c(F)c1F)C1CCC(C)O1. The summed E-state index contributed by atoms with van der Waals surface area (Å²) in [6.07, 6.45) is 2.43. The fraction of sp³-hybridized carbons (Fsp3) is 0.600. The molecular weight excluding hydrogens is 267 g/mol. The highest BCUT2D eigenvalue weighted by Gasteiger charge is 2.33. The maximum absolute atomic E-state index is 14.0. The first-order valence-corrected chi connectivity index (χ1v) is 7.06. The second-order valence-electron chi connectivity index (χ2n) is 5.26. The lowest BCUT2D eigenvalue weighted by atomic mass is 9.98. The summed E-state index contributed by atoms with van der Waals surface area (Å²) in [5.74, 6) is -3.71. The van der Waals surface area contributed by atoms with Gasteiger partial charge >= 0.3 is 0 Å². The number of halogens is 3. The second-order valence-corrected chi connectivity index (χ2v) is 5.26. The van der Waals surface area contributed by atoms with Crippen LogP contribution < -0.4 is 5.32 Å². The van der Waals surface area contributed by atoms with Gasteiger partial charge in [-0.1, -0.05) is 13.0 Å². The zero-order chi connectivity index (χ0) is 14.7. The summed E-state index contributed by atoms with van der Waals surface area (Å²) in [6.45, 7) is 4.61. The van der Waals surface area contributed by atoms with Crippen molar-refractivity contribution in [2.75, 3.05) is 6.54 Å². The van der Waals surface area contributed by atoms with E-state index in [2.05, 4.69) is 5.32 Å². The van der Waals surface area contributed by atoms with Crippen LogP contribution in [0.5, 0.6) is 0 Å². The molecule has 112 valence electrons. The highest BCUT2D eigenvalue weighted by Crippen LogP contribution is 2.32. The molecular formula is C15H20F3NO. The second kappa shape index (κ2) is 6.59. The van der Waals surface area contributed by atoms with Crippen molar-refractivity contribution in [2.24, 2.45) is 0 Å². The van der Waals surface area contributed by atoms with Crippen molar-refractivity contribution >= 4 is 0 Å². The van der Waals surface area contributed by atoms with E-state index < -0.39 is 23.5 Å². The van der Waals surface area contributed by atoms with E-state index in [9.17, 15) is 13.2 Å². The molecule has 1 N–H and O–H groups in total. The Balaban J connectivity index is 2.28. The Bertz CT molecular complexity index is 467. The van der Waals surface area contributed by atoms with E-state index in [1.165, 1.54) is 6.07 Å². The largest absolute Gasteiger partial charge is 0.373 e. The van der Waals surface area contributed by atoms with Gasteiger partial charge in [-0.05, 0) is 38.8 Å². The molecule has 2 nitrogen and oxygen atoms in total. The van der Waals surface area contributed by atoms with Crippen molar-refractivity contribution in [3.63, 3.8) is 0 Å². The molecule has 1 heterocycles. The van der Waals surface area contributed by atoms with E-state index in [0.29, 0.717) is 6.54 Å². The molecule has 0 spiro atoms. The van der Waals surface area contributed by atoms with Gasteiger partial charge in [-0.2, -0.15) is 0 Å². The molecule has 1 aromatic rings. The van der Waals surface area contributed by atoms with Gasteiger partial charge in [-0.15, -0.1) is 0 Å². The summed E-state index contributed by atoms with van der Waals surface area (Å²) in [7, 11) is 0. The molecule has 1 aromatic carbocycles. The number of rotatable bonds is 5. The normalized spacial score (nSPS) is 24.1. The Labute approximate surface area is 117 Å². The van der Waals surface area contributed by atoms with Gasteiger partial charge in [0.05, 0.1) is 18.2 Å². The van der Waals surface area contributed by atoms with Crippen molar-refractivity contribution in [1.29, 1.82) is 0 Å². The smallest absolute Gasteiger partial charge is 0.194 e. The summed E-state index contributed by atoms with van der Waals surface area (Å²) >= 11 is 0. The summed E-state index contributed by atoms with van der Waals surface area (Å²) < 4.78 is 46.2. The van der Waals surface area contributed by atoms with Gasteiger partial charge in [-0.25, -0.2) is 13.2 Å². The summed E-state index contributed by atoms with van der Waals surface area (Å²) in [5.41, 5.74) is 0.136. The van der Waals surface area contributed by atoms with Crippen molar-refractivity contribution in [1.82, 2.24) is 5.32 Å². The Hall–Kier alpha value is -1.07. The summed E-state index contributed by atoms with van der Waals surface area (Å²) in [4.78, 5) is 0. The van der Waals surface area contributed by atoms with Crippen LogP contribution in [-0.2, 0) is 4.74 Å². The number of nitrogens with one attached hydrogen (secondary N) is 1. The molecule has 0 bridgehead atoms. The molecule has 1 saturated heterocycles. The molecule has 3 unspecified atom stereocenters. The Morgan fingerprint density at radius 2 is 2.00 bits per heavy atom. The minimum Gasteiger partial charge on any atom is -0.373 e. The Morgan fingerprint density at radius 3 is 2.60 bits per heavy atom. The maximum atomic E-state index is 14.0. The highest BCUT2D eigenvalue weighted by molar-refractivity contribution is 5.25. The van der Waals surface area contributed by atoms with Gasteiger partial charge in [-0.3, -0.25) is 0 Å². The number of ether oxygens (including phenoxy) is 1. The highest BCUT2D eigenvalue weighted by atomic mass is 19.2. The monoisotopic (exact) mass is 287 g/mol. The van der Waals surface area contributed by atoms with Gasteiger partial charge in [0.25, 0.3) is 0 Å². The van der Waals surface area contributed by atoms with E-state index in [-0.39, 0.29) is 17.8 Å². The number of benzene rings is 1. The molecule has 5 heteroatoms. The fourth-order valence-electron chi connectivity index (χ4n) is 2.60. The van der Waals surface area contributed by atoms with Crippen LogP contribution in [0.15, 0.2) is 12.1 Å². The zero-order valence-corrected chi connectivity index (χ0v) is 11.8. The average Bonchev–Trinajstić information content (AvgIpc) is 2.85. The van der Waals surface area contributed by atoms with Gasteiger partial charge in [0.1, 0.15) is 0 Å². The minimum atomic E-state index is -1.42. The molecule has 0 amide bonds. The van der Waals surface area contributed by atoms with E-state index in [1.807, 2.05) is 13.8 Å². The van der Waals surface area contributed by atoms with Crippen molar-refractivity contribution in [3.8, 4) is 0 Å². The van der Waals surface area contributed by atoms with E-state index in [0.717, 1.165) is 25.3 Å². The van der Waals surface area contributed by atoms with E-state index in [4.69, 9.17) is 4.74 Å². The topological polar surface area (TPSA) is 21.3 Å². The molecule has 1 aliphatic rings. The van der Waals surface area contributed by atoms with Crippen molar-refractivity contribution < 1.29 is 17.9 Å². The predicted molar refractivity (Wildman–Crippen MR) is 70.9 cm³/mol. The predicted octanol–water partition coefficient (Wildman–Crippen LogP) is 3.71. The molecule has 0 aromatic heterocycles. The summed E-state index contributed by atoms with van der Waals surface area (Å²) in [5, 5.41) is 3.18. The molecule has 1 aliphatic heterocycles. The molecule has 0 aliphatic carbocycles. The van der Waals surface area contributed by atoms with Crippen LogP contribution in [-0.4, -0.2) is 18.8 Å². The average molecular weight is 287 g/mol. The standard InChI is InChI=1S/C15H20F3NO/c1-3-8-19-15(12-7-4-9(2)20-12)10-5-6-11(16)14(18)13(10)17/h5-6,9,12,15,19H,3-4,7-8H2,1-2H3. The molecule has 20 heavy (non-hydrogen) atoms. The van der Waals surface area contributed by atoms with Crippen LogP contribution in [0, 0.1) is 17.5 Å². The molecule has 1 fully saturated rings. The zero-order valence-electron chi connectivity index (χ0n) is 11.8. The third kappa shape index (κ3) is 3.15. The van der Waals surface area contributed by atoms with Crippen LogP contribution in [0.2, 0.25) is 0 Å². The van der Waals surface area contributed by atoms with Gasteiger partial charge < -0.3 is 10.1 Å². The van der Waals surface area contributed by atoms with Crippen molar-refractivity contribution in [2.45, 2.75) is 51.4 Å². The lowest BCUT2D eigenvalue weighted by molar-refractivity contribution is 0.0306. The van der Waals surface area contributed by atoms with Crippen molar-refractivity contribution in [3.05, 3.63) is 35.1 Å². The first-order chi connectivity index (χ1) is 9.54. The molecule has 0 saturated carbocycles. The Kier molecular flexibility index (Phi) is 5.05. The lowest BCUT2D eigenvalue weighted by Gasteiger charge is -2.26. The molecule has 2 rings (SSSR count). The van der Waals surface area contributed by atoms with Gasteiger partial charge in [0.15, 0.2) is 17.5 Å². The van der Waals surface area contributed by atoms with Gasteiger partial charge in [0, 0.05) is 5.56 Å². The lowest BCUT2D eigenvalue weighted by Crippen LogP contribution is -2.33. The number of hydrogen-bond donors (Lipinski definition) is 1.